The maximum atomic E-state index is 12.9. The predicted molar refractivity (Wildman–Crippen MR) is 125 cm³/mol. The van der Waals surface area contributed by atoms with Crippen LogP contribution in [0.25, 0.3) is 0 Å². The molecule has 32 heavy (non-hydrogen) atoms. The topological polar surface area (TPSA) is 86.8 Å². The molecule has 1 saturated heterocycles. The van der Waals surface area contributed by atoms with Crippen molar-refractivity contribution in [2.24, 2.45) is 5.92 Å². The van der Waals surface area contributed by atoms with Crippen molar-refractivity contribution < 1.29 is 4.79 Å². The molecule has 3 aliphatic rings. The number of nitriles is 1. The Morgan fingerprint density at radius 2 is 2.09 bits per heavy atom. The number of carbonyl (C=O) groups excluding carboxylic acids is 1. The summed E-state index contributed by atoms with van der Waals surface area (Å²) < 4.78 is 2.34. The van der Waals surface area contributed by atoms with Crippen molar-refractivity contribution in [1.29, 1.82) is 5.26 Å². The van der Waals surface area contributed by atoms with E-state index in [1.807, 2.05) is 0 Å². The van der Waals surface area contributed by atoms with Crippen LogP contribution in [-0.2, 0) is 30.6 Å². The van der Waals surface area contributed by atoms with Crippen LogP contribution in [0.15, 0.2) is 0 Å². The van der Waals surface area contributed by atoms with Gasteiger partial charge in [0.25, 0.3) is 0 Å². The van der Waals surface area contributed by atoms with E-state index >= 15 is 0 Å². The van der Waals surface area contributed by atoms with E-state index in [1.165, 1.54) is 24.1 Å². The van der Waals surface area contributed by atoms with Crippen LogP contribution in [-0.4, -0.2) is 45.2 Å². The Bertz CT molecular complexity index is 1030. The van der Waals surface area contributed by atoms with E-state index in [9.17, 15) is 10.1 Å². The fraction of sp³-hybridized carbons (Fsp3) is 0.667. The minimum Gasteiger partial charge on any atom is -0.315 e. The first-order valence-electron chi connectivity index (χ1n) is 12.1. The molecule has 2 aliphatic heterocycles. The van der Waals surface area contributed by atoms with E-state index in [1.54, 1.807) is 11.3 Å². The van der Waals surface area contributed by atoms with Crippen LogP contribution in [0.5, 0.6) is 0 Å². The highest BCUT2D eigenvalue weighted by atomic mass is 32.1. The molecule has 0 bridgehead atoms. The molecule has 0 saturated carbocycles. The van der Waals surface area contributed by atoms with Crippen LogP contribution in [0, 0.1) is 17.2 Å². The molecule has 170 valence electrons. The number of nitrogens with zero attached hydrogens (tertiary/aromatic N) is 5. The maximum absolute atomic E-state index is 12.9. The second-order valence-electron chi connectivity index (χ2n) is 9.73. The summed E-state index contributed by atoms with van der Waals surface area (Å²) in [6.45, 7) is 5.41. The number of aryl methyl sites for hydroxylation is 1. The number of amides is 1. The average Bonchev–Trinajstić information content (AvgIpc) is 3.25. The Labute approximate surface area is 193 Å². The van der Waals surface area contributed by atoms with Gasteiger partial charge in [0.15, 0.2) is 0 Å². The first kappa shape index (κ1) is 21.6. The molecule has 4 heterocycles. The van der Waals surface area contributed by atoms with Crippen molar-refractivity contribution in [3.05, 3.63) is 27.7 Å². The molecule has 0 spiro atoms. The monoisotopic (exact) mass is 452 g/mol. The highest BCUT2D eigenvalue weighted by Gasteiger charge is 2.29. The maximum Gasteiger partial charge on any atom is 0.239 e. The highest BCUT2D eigenvalue weighted by molar-refractivity contribution is 7.16. The third kappa shape index (κ3) is 4.33. The molecule has 0 unspecified atom stereocenters. The summed E-state index contributed by atoms with van der Waals surface area (Å²) in [5, 5.41) is 22.6. The number of hydrogen-bond acceptors (Lipinski definition) is 6. The molecular formula is C24H32N6OS. The van der Waals surface area contributed by atoms with E-state index in [2.05, 4.69) is 38.0 Å². The summed E-state index contributed by atoms with van der Waals surface area (Å²) in [5.74, 6) is 3.20. The Morgan fingerprint density at radius 3 is 2.97 bits per heavy atom. The van der Waals surface area contributed by atoms with Crippen LogP contribution in [0.1, 0.15) is 79.0 Å². The van der Waals surface area contributed by atoms with E-state index in [-0.39, 0.29) is 5.91 Å². The molecular weight excluding hydrogens is 420 g/mol. The number of fused-ring (bicyclic) bond motifs is 2. The third-order valence-electron chi connectivity index (χ3n) is 7.25. The van der Waals surface area contributed by atoms with Crippen molar-refractivity contribution in [2.45, 2.75) is 77.2 Å². The van der Waals surface area contributed by atoms with E-state index < -0.39 is 0 Å². The molecule has 0 radical (unpaired) electrons. The Kier molecular flexibility index (Phi) is 6.29. The SMILES string of the molecule is C[C@H]1CCc2c(sc(NC(=O)CN3CCC[C@@H](c4nnc5n4CCCCC5)C3)c2C#N)C1. The van der Waals surface area contributed by atoms with Gasteiger partial charge in [-0.3, -0.25) is 9.69 Å². The highest BCUT2D eigenvalue weighted by Crippen LogP contribution is 2.39. The van der Waals surface area contributed by atoms with Crippen LogP contribution in [0.3, 0.4) is 0 Å². The van der Waals surface area contributed by atoms with E-state index in [0.29, 0.717) is 23.9 Å². The van der Waals surface area contributed by atoms with Crippen molar-refractivity contribution in [3.63, 3.8) is 0 Å². The normalized spacial score (nSPS) is 23.6. The fourth-order valence-electron chi connectivity index (χ4n) is 5.55. The van der Waals surface area contributed by atoms with Crippen LogP contribution in [0.2, 0.25) is 0 Å². The van der Waals surface area contributed by atoms with Gasteiger partial charge in [-0.05, 0) is 63.0 Å². The smallest absolute Gasteiger partial charge is 0.239 e. The summed E-state index contributed by atoms with van der Waals surface area (Å²) in [4.78, 5) is 16.4. The lowest BCUT2D eigenvalue weighted by atomic mass is 9.89. The molecule has 1 amide bonds. The summed E-state index contributed by atoms with van der Waals surface area (Å²) in [5.41, 5.74) is 1.85. The molecule has 2 atom stereocenters. The molecule has 5 rings (SSSR count). The van der Waals surface area contributed by atoms with Gasteiger partial charge in [-0.2, -0.15) is 5.26 Å². The van der Waals surface area contributed by atoms with E-state index in [0.717, 1.165) is 80.4 Å². The van der Waals surface area contributed by atoms with Gasteiger partial charge in [-0.25, -0.2) is 0 Å². The van der Waals surface area contributed by atoms with Gasteiger partial charge in [-0.15, -0.1) is 21.5 Å². The van der Waals surface area contributed by atoms with Crippen molar-refractivity contribution in [3.8, 4) is 6.07 Å². The molecule has 1 N–H and O–H groups in total. The fourth-order valence-corrected chi connectivity index (χ4v) is 6.92. The first-order chi connectivity index (χ1) is 15.6. The van der Waals surface area contributed by atoms with Gasteiger partial charge >= 0.3 is 0 Å². The number of thiophene rings is 1. The minimum atomic E-state index is -0.0196. The third-order valence-corrected chi connectivity index (χ3v) is 8.42. The molecule has 8 heteroatoms. The second kappa shape index (κ2) is 9.32. The number of carbonyl (C=O) groups is 1. The van der Waals surface area contributed by atoms with E-state index in [4.69, 9.17) is 0 Å². The Balaban J connectivity index is 1.24. The Hall–Kier alpha value is -2.24. The van der Waals surface area contributed by atoms with Crippen molar-refractivity contribution in [2.75, 3.05) is 25.0 Å². The second-order valence-corrected chi connectivity index (χ2v) is 10.8. The van der Waals surface area contributed by atoms with Gasteiger partial charge in [0.2, 0.25) is 5.91 Å². The summed E-state index contributed by atoms with van der Waals surface area (Å²) in [6.07, 6.45) is 9.93. The number of piperidine rings is 1. The molecule has 2 aromatic rings. The van der Waals surface area contributed by atoms with Crippen LogP contribution >= 0.6 is 11.3 Å². The number of rotatable bonds is 4. The largest absolute Gasteiger partial charge is 0.315 e. The molecule has 0 aromatic carbocycles. The molecule has 1 aliphatic carbocycles. The van der Waals surface area contributed by atoms with Gasteiger partial charge in [0, 0.05) is 30.3 Å². The number of likely N-dealkylation sites (tertiary alicyclic amines) is 1. The summed E-state index contributed by atoms with van der Waals surface area (Å²) >= 11 is 1.60. The standard InChI is InChI=1S/C24H32N6OS/c1-16-8-9-18-19(13-25)24(32-20(18)12-16)26-22(31)15-29-10-5-6-17(14-29)23-28-27-21-7-3-2-4-11-30(21)23/h16-17H,2-12,14-15H2,1H3,(H,26,31)/t16-,17+/m0/s1. The summed E-state index contributed by atoms with van der Waals surface area (Å²) in [6, 6.07) is 2.35. The lowest BCUT2D eigenvalue weighted by Crippen LogP contribution is -2.40. The van der Waals surface area contributed by atoms with Crippen molar-refractivity contribution >= 4 is 22.2 Å². The van der Waals surface area contributed by atoms with Crippen LogP contribution < -0.4 is 5.32 Å². The minimum absolute atomic E-state index is 0.0196. The first-order valence-corrected chi connectivity index (χ1v) is 12.9. The Morgan fingerprint density at radius 1 is 1.19 bits per heavy atom. The molecule has 2 aromatic heterocycles. The zero-order valence-corrected chi connectivity index (χ0v) is 19.7. The number of anilines is 1. The van der Waals surface area contributed by atoms with Crippen LogP contribution in [0.4, 0.5) is 5.00 Å². The zero-order valence-electron chi connectivity index (χ0n) is 18.9. The lowest BCUT2D eigenvalue weighted by molar-refractivity contribution is -0.117. The predicted octanol–water partition coefficient (Wildman–Crippen LogP) is 3.88. The van der Waals surface area contributed by atoms with Gasteiger partial charge in [0.05, 0.1) is 12.1 Å². The quantitative estimate of drug-likeness (QED) is 0.761. The zero-order chi connectivity index (χ0) is 22.1. The molecule has 7 nitrogen and oxygen atoms in total. The molecule has 1 fully saturated rings. The van der Waals surface area contributed by atoms with Gasteiger partial charge in [-0.1, -0.05) is 13.3 Å². The number of aromatic nitrogens is 3. The number of hydrogen-bond donors (Lipinski definition) is 1. The number of nitrogens with one attached hydrogen (secondary N) is 1. The van der Waals surface area contributed by atoms with Crippen molar-refractivity contribution in [1.82, 2.24) is 19.7 Å². The van der Waals surface area contributed by atoms with Gasteiger partial charge in [0.1, 0.15) is 22.7 Å². The van der Waals surface area contributed by atoms with Gasteiger partial charge < -0.3 is 9.88 Å². The average molecular weight is 453 g/mol. The lowest BCUT2D eigenvalue weighted by Gasteiger charge is -2.31. The summed E-state index contributed by atoms with van der Waals surface area (Å²) in [7, 11) is 0.